The predicted octanol–water partition coefficient (Wildman–Crippen LogP) is 2.47. The van der Waals surface area contributed by atoms with Crippen molar-refractivity contribution in [3.8, 4) is 17.1 Å². The van der Waals surface area contributed by atoms with Crippen LogP contribution in [0.1, 0.15) is 11.3 Å². The molecule has 0 atom stereocenters. The lowest BCUT2D eigenvalue weighted by atomic mass is 10.1. The van der Waals surface area contributed by atoms with Gasteiger partial charge in [0.05, 0.1) is 0 Å². The highest BCUT2D eigenvalue weighted by Gasteiger charge is 2.03. The minimum atomic E-state index is 0.298. The summed E-state index contributed by atoms with van der Waals surface area (Å²) in [5, 5.41) is 9.40. The zero-order chi connectivity index (χ0) is 10.8. The van der Waals surface area contributed by atoms with Crippen LogP contribution in [0.15, 0.2) is 30.5 Å². The average Bonchev–Trinajstić information content (AvgIpc) is 2.22. The molecule has 15 heavy (non-hydrogen) atoms. The number of hydrogen-bond acceptors (Lipinski definition) is 3. The molecule has 1 aromatic heterocycles. The number of phenolic OH excluding ortho intramolecular Hbond substituents is 1. The fraction of sp³-hybridized carbons (Fsp3) is 0.167. The number of hydrogen-bond donors (Lipinski definition) is 1. The first-order valence-electron chi connectivity index (χ1n) is 4.76. The molecule has 1 N–H and O–H groups in total. The summed E-state index contributed by atoms with van der Waals surface area (Å²) in [4.78, 5) is 8.51. The first-order valence-corrected chi connectivity index (χ1v) is 4.76. The van der Waals surface area contributed by atoms with Gasteiger partial charge >= 0.3 is 0 Å². The molecule has 3 heteroatoms. The third kappa shape index (κ3) is 1.96. The van der Waals surface area contributed by atoms with Crippen molar-refractivity contribution in [1.29, 1.82) is 0 Å². The van der Waals surface area contributed by atoms with E-state index in [0.717, 1.165) is 16.8 Å². The molecule has 0 aliphatic rings. The van der Waals surface area contributed by atoms with Crippen LogP contribution in [0.5, 0.6) is 5.75 Å². The third-order valence-corrected chi connectivity index (χ3v) is 2.25. The molecule has 76 valence electrons. The molecular weight excluding hydrogens is 188 g/mol. The van der Waals surface area contributed by atoms with Gasteiger partial charge in [0, 0.05) is 17.5 Å². The van der Waals surface area contributed by atoms with Crippen LogP contribution in [0.3, 0.4) is 0 Å². The van der Waals surface area contributed by atoms with Gasteiger partial charge in [0.15, 0.2) is 5.82 Å². The van der Waals surface area contributed by atoms with Crippen molar-refractivity contribution in [1.82, 2.24) is 9.97 Å². The van der Waals surface area contributed by atoms with Crippen molar-refractivity contribution in [3.05, 3.63) is 41.7 Å². The topological polar surface area (TPSA) is 46.0 Å². The van der Waals surface area contributed by atoms with Gasteiger partial charge in [-0.1, -0.05) is 0 Å². The predicted molar refractivity (Wildman–Crippen MR) is 58.6 cm³/mol. The van der Waals surface area contributed by atoms with E-state index in [1.54, 1.807) is 12.3 Å². The summed E-state index contributed by atoms with van der Waals surface area (Å²) in [6.07, 6.45) is 1.74. The second-order valence-corrected chi connectivity index (χ2v) is 3.52. The van der Waals surface area contributed by atoms with Crippen molar-refractivity contribution in [2.75, 3.05) is 0 Å². The van der Waals surface area contributed by atoms with Gasteiger partial charge in [0.2, 0.25) is 0 Å². The Kier molecular flexibility index (Phi) is 2.37. The molecule has 0 unspecified atom stereocenters. The van der Waals surface area contributed by atoms with Crippen LogP contribution in [0, 0.1) is 13.8 Å². The van der Waals surface area contributed by atoms with E-state index in [4.69, 9.17) is 0 Å². The molecule has 2 rings (SSSR count). The number of nitrogens with zero attached hydrogens (tertiary/aromatic N) is 2. The largest absolute Gasteiger partial charge is 0.508 e. The summed E-state index contributed by atoms with van der Waals surface area (Å²) < 4.78 is 0. The molecule has 0 aliphatic heterocycles. The average molecular weight is 200 g/mol. The molecule has 0 spiro atoms. The van der Waals surface area contributed by atoms with Crippen LogP contribution in [-0.2, 0) is 0 Å². The molecule has 1 aromatic carbocycles. The molecule has 0 amide bonds. The maximum Gasteiger partial charge on any atom is 0.159 e. The highest BCUT2D eigenvalue weighted by atomic mass is 16.3. The van der Waals surface area contributed by atoms with E-state index < -0.39 is 0 Å². The Balaban J connectivity index is 2.50. The monoisotopic (exact) mass is 200 g/mol. The minimum Gasteiger partial charge on any atom is -0.508 e. The zero-order valence-corrected chi connectivity index (χ0v) is 8.73. The fourth-order valence-electron chi connectivity index (χ4n) is 1.38. The molecule has 0 saturated heterocycles. The van der Waals surface area contributed by atoms with E-state index in [9.17, 15) is 5.11 Å². The molecule has 0 fully saturated rings. The summed E-state index contributed by atoms with van der Waals surface area (Å²) >= 11 is 0. The lowest BCUT2D eigenvalue weighted by Crippen LogP contribution is -1.90. The summed E-state index contributed by atoms with van der Waals surface area (Å²) in [6.45, 7) is 3.78. The maximum atomic E-state index is 9.40. The van der Waals surface area contributed by atoms with Gasteiger partial charge in [-0.2, -0.15) is 0 Å². The first kappa shape index (κ1) is 9.65. The molecule has 0 saturated carbocycles. The summed E-state index contributed by atoms with van der Waals surface area (Å²) in [7, 11) is 0. The van der Waals surface area contributed by atoms with Gasteiger partial charge in [0.25, 0.3) is 0 Å². The van der Waals surface area contributed by atoms with Gasteiger partial charge in [0.1, 0.15) is 5.75 Å². The van der Waals surface area contributed by atoms with Gasteiger partial charge in [-0.15, -0.1) is 0 Å². The highest BCUT2D eigenvalue weighted by molar-refractivity contribution is 5.58. The summed E-state index contributed by atoms with van der Waals surface area (Å²) in [6, 6.07) is 7.22. The van der Waals surface area contributed by atoms with Crippen LogP contribution in [0.25, 0.3) is 11.4 Å². The summed E-state index contributed by atoms with van der Waals surface area (Å²) in [5.74, 6) is 0.990. The molecule has 2 aromatic rings. The number of aryl methyl sites for hydroxylation is 2. The van der Waals surface area contributed by atoms with E-state index >= 15 is 0 Å². The van der Waals surface area contributed by atoms with Crippen LogP contribution in [-0.4, -0.2) is 15.1 Å². The lowest BCUT2D eigenvalue weighted by Gasteiger charge is -2.03. The number of rotatable bonds is 1. The molecule has 1 heterocycles. The number of aromatic hydroxyl groups is 1. The molecule has 0 radical (unpaired) electrons. The minimum absolute atomic E-state index is 0.298. The highest BCUT2D eigenvalue weighted by Crippen LogP contribution is 2.22. The molecule has 3 nitrogen and oxygen atoms in total. The maximum absolute atomic E-state index is 9.40. The SMILES string of the molecule is Cc1ccnc(-c2ccc(O)c(C)c2)n1. The van der Waals surface area contributed by atoms with Crippen LogP contribution in [0.2, 0.25) is 0 Å². The second-order valence-electron chi connectivity index (χ2n) is 3.52. The Hall–Kier alpha value is -1.90. The van der Waals surface area contributed by atoms with E-state index in [0.29, 0.717) is 11.6 Å². The van der Waals surface area contributed by atoms with Gasteiger partial charge in [-0.25, -0.2) is 9.97 Å². The van der Waals surface area contributed by atoms with Crippen molar-refractivity contribution in [2.45, 2.75) is 13.8 Å². The summed E-state index contributed by atoms with van der Waals surface area (Å²) in [5.41, 5.74) is 2.69. The quantitative estimate of drug-likeness (QED) is 0.769. The van der Waals surface area contributed by atoms with Crippen molar-refractivity contribution in [3.63, 3.8) is 0 Å². The lowest BCUT2D eigenvalue weighted by molar-refractivity contribution is 0.471. The van der Waals surface area contributed by atoms with E-state index in [-0.39, 0.29) is 0 Å². The second kappa shape index (κ2) is 3.69. The van der Waals surface area contributed by atoms with Gasteiger partial charge < -0.3 is 5.11 Å². The van der Waals surface area contributed by atoms with Crippen molar-refractivity contribution >= 4 is 0 Å². The number of aromatic nitrogens is 2. The Morgan fingerprint density at radius 2 is 1.93 bits per heavy atom. The molecule has 0 aliphatic carbocycles. The van der Waals surface area contributed by atoms with Crippen molar-refractivity contribution in [2.24, 2.45) is 0 Å². The standard InChI is InChI=1S/C12H12N2O/c1-8-7-10(3-4-11(8)15)12-13-6-5-9(2)14-12/h3-7,15H,1-2H3. The molecule has 0 bridgehead atoms. The van der Waals surface area contributed by atoms with Crippen molar-refractivity contribution < 1.29 is 5.11 Å². The number of phenols is 1. The smallest absolute Gasteiger partial charge is 0.159 e. The van der Waals surface area contributed by atoms with E-state index in [1.165, 1.54) is 0 Å². The normalized spacial score (nSPS) is 10.3. The number of benzene rings is 1. The Morgan fingerprint density at radius 1 is 1.13 bits per heavy atom. The molecular formula is C12H12N2O. The zero-order valence-electron chi connectivity index (χ0n) is 8.73. The van der Waals surface area contributed by atoms with Crippen LogP contribution < -0.4 is 0 Å². The van der Waals surface area contributed by atoms with Gasteiger partial charge in [-0.05, 0) is 43.7 Å². The van der Waals surface area contributed by atoms with Gasteiger partial charge in [-0.3, -0.25) is 0 Å². The Labute approximate surface area is 88.5 Å². The van der Waals surface area contributed by atoms with Crippen LogP contribution in [0.4, 0.5) is 0 Å². The first-order chi connectivity index (χ1) is 7.16. The third-order valence-electron chi connectivity index (χ3n) is 2.25. The Bertz CT molecular complexity index is 495. The van der Waals surface area contributed by atoms with Crippen LogP contribution >= 0.6 is 0 Å². The Morgan fingerprint density at radius 3 is 2.60 bits per heavy atom. The van der Waals surface area contributed by atoms with E-state index in [1.807, 2.05) is 32.0 Å². The fourth-order valence-corrected chi connectivity index (χ4v) is 1.38. The van der Waals surface area contributed by atoms with E-state index in [2.05, 4.69) is 9.97 Å².